The molecule has 0 radical (unpaired) electrons. The van der Waals surface area contributed by atoms with Gasteiger partial charge in [0.25, 0.3) is 0 Å². The van der Waals surface area contributed by atoms with Crippen LogP contribution in [0.15, 0.2) is 17.3 Å². The van der Waals surface area contributed by atoms with Crippen LogP contribution < -0.4 is 4.74 Å². The van der Waals surface area contributed by atoms with E-state index in [0.29, 0.717) is 48.2 Å². The third-order valence-corrected chi connectivity index (χ3v) is 7.91. The van der Waals surface area contributed by atoms with E-state index >= 15 is 0 Å². The number of ether oxygens (including phenoxy) is 2. The highest BCUT2D eigenvalue weighted by atomic mass is 32.2. The second kappa shape index (κ2) is 8.00. The molecule has 1 N–H and O–H groups in total. The first-order chi connectivity index (χ1) is 13.9. The number of nitrogens with one attached hydrogen (secondary N) is 1. The van der Waals surface area contributed by atoms with Gasteiger partial charge < -0.3 is 9.47 Å². The molecule has 4 heterocycles. The molecule has 2 aromatic rings. The average Bonchev–Trinajstić information content (AvgIpc) is 3.18. The molecule has 0 aromatic carbocycles. The molecule has 2 aliphatic rings. The number of hydrogen-bond donors (Lipinski definition) is 1. The number of nitrogens with zero attached hydrogens (tertiary/aromatic N) is 4. The van der Waals surface area contributed by atoms with E-state index in [-0.39, 0.29) is 18.2 Å². The fourth-order valence-electron chi connectivity index (χ4n) is 4.45. The number of aromatic nitrogens is 4. The quantitative estimate of drug-likeness (QED) is 0.729. The average molecular weight is 422 g/mol. The van der Waals surface area contributed by atoms with E-state index in [9.17, 15) is 8.42 Å². The van der Waals surface area contributed by atoms with Crippen LogP contribution in [-0.2, 0) is 21.4 Å². The first-order valence-electron chi connectivity index (χ1n) is 10.0. The van der Waals surface area contributed by atoms with Crippen LogP contribution >= 0.6 is 0 Å². The Morgan fingerprint density at radius 2 is 1.90 bits per heavy atom. The summed E-state index contributed by atoms with van der Waals surface area (Å²) in [5, 5.41) is 6.85. The second-order valence-electron chi connectivity index (χ2n) is 7.68. The van der Waals surface area contributed by atoms with Crippen molar-refractivity contribution in [1.82, 2.24) is 24.5 Å². The van der Waals surface area contributed by atoms with Crippen molar-refractivity contribution >= 4 is 10.0 Å². The normalized spacial score (nSPS) is 24.7. The molecule has 29 heavy (non-hydrogen) atoms. The molecule has 2 aliphatic heterocycles. The molecule has 2 saturated heterocycles. The topological polar surface area (TPSA) is 110 Å². The summed E-state index contributed by atoms with van der Waals surface area (Å²) in [6.45, 7) is 6.46. The van der Waals surface area contributed by atoms with Gasteiger partial charge in [-0.05, 0) is 33.6 Å². The van der Waals surface area contributed by atoms with Crippen LogP contribution in [0.3, 0.4) is 0 Å². The molecule has 10 heteroatoms. The van der Waals surface area contributed by atoms with Gasteiger partial charge in [-0.1, -0.05) is 0 Å². The molecule has 2 bridgehead atoms. The molecule has 0 spiro atoms. The van der Waals surface area contributed by atoms with Crippen LogP contribution in [0.25, 0.3) is 0 Å². The zero-order valence-electron chi connectivity index (χ0n) is 17.0. The van der Waals surface area contributed by atoms with Gasteiger partial charge in [0.2, 0.25) is 15.9 Å². The summed E-state index contributed by atoms with van der Waals surface area (Å²) in [7, 11) is -3.58. The molecule has 0 aliphatic carbocycles. The SMILES string of the molecule is CCOCc1cnc(OC2CC3CCC(C2)N3S(=O)(=O)c2c(C)n[nH]c2C)cn1. The molecule has 2 atom stereocenters. The van der Waals surface area contributed by atoms with E-state index in [1.165, 1.54) is 0 Å². The van der Waals surface area contributed by atoms with Gasteiger partial charge in [0.15, 0.2) is 0 Å². The molecule has 2 unspecified atom stereocenters. The van der Waals surface area contributed by atoms with Crippen molar-refractivity contribution in [3.05, 3.63) is 29.5 Å². The summed E-state index contributed by atoms with van der Waals surface area (Å²) >= 11 is 0. The minimum Gasteiger partial charge on any atom is -0.473 e. The maximum Gasteiger partial charge on any atom is 0.247 e. The monoisotopic (exact) mass is 421 g/mol. The van der Waals surface area contributed by atoms with E-state index in [2.05, 4.69) is 20.2 Å². The lowest BCUT2D eigenvalue weighted by Gasteiger charge is -2.37. The van der Waals surface area contributed by atoms with Crippen LogP contribution in [0.2, 0.25) is 0 Å². The highest BCUT2D eigenvalue weighted by molar-refractivity contribution is 7.89. The van der Waals surface area contributed by atoms with Crippen LogP contribution in [0.5, 0.6) is 5.88 Å². The number of aryl methyl sites for hydroxylation is 2. The lowest BCUT2D eigenvalue weighted by molar-refractivity contribution is 0.0910. The van der Waals surface area contributed by atoms with Gasteiger partial charge in [0.05, 0.1) is 36.1 Å². The summed E-state index contributed by atoms with van der Waals surface area (Å²) in [4.78, 5) is 8.94. The van der Waals surface area contributed by atoms with Crippen LogP contribution in [0, 0.1) is 13.8 Å². The van der Waals surface area contributed by atoms with Gasteiger partial charge >= 0.3 is 0 Å². The van der Waals surface area contributed by atoms with Gasteiger partial charge in [0, 0.05) is 31.5 Å². The highest BCUT2D eigenvalue weighted by Gasteiger charge is 2.49. The lowest BCUT2D eigenvalue weighted by Crippen LogP contribution is -2.49. The molecule has 0 saturated carbocycles. The fourth-order valence-corrected chi connectivity index (χ4v) is 6.68. The van der Waals surface area contributed by atoms with Gasteiger partial charge in [-0.2, -0.15) is 9.40 Å². The van der Waals surface area contributed by atoms with Crippen molar-refractivity contribution < 1.29 is 17.9 Å². The lowest BCUT2D eigenvalue weighted by atomic mass is 10.0. The van der Waals surface area contributed by atoms with Crippen LogP contribution in [-0.4, -0.2) is 57.7 Å². The van der Waals surface area contributed by atoms with Crippen molar-refractivity contribution in [2.75, 3.05) is 6.61 Å². The van der Waals surface area contributed by atoms with Crippen molar-refractivity contribution in [3.8, 4) is 5.88 Å². The third-order valence-electron chi connectivity index (χ3n) is 5.64. The Balaban J connectivity index is 1.45. The Labute approximate surface area is 170 Å². The summed E-state index contributed by atoms with van der Waals surface area (Å²) in [5.41, 5.74) is 1.86. The minimum absolute atomic E-state index is 0.0670. The Morgan fingerprint density at radius 3 is 2.45 bits per heavy atom. The smallest absolute Gasteiger partial charge is 0.247 e. The molecule has 2 fully saturated rings. The number of fused-ring (bicyclic) bond motifs is 2. The number of H-pyrrole nitrogens is 1. The van der Waals surface area contributed by atoms with E-state index in [4.69, 9.17) is 9.47 Å². The zero-order valence-corrected chi connectivity index (χ0v) is 17.8. The van der Waals surface area contributed by atoms with E-state index in [1.807, 2.05) is 6.92 Å². The Morgan fingerprint density at radius 1 is 1.17 bits per heavy atom. The van der Waals surface area contributed by atoms with Gasteiger partial charge in [0.1, 0.15) is 11.0 Å². The van der Waals surface area contributed by atoms with E-state index < -0.39 is 10.0 Å². The summed E-state index contributed by atoms with van der Waals surface area (Å²) < 4.78 is 39.7. The standard InChI is InChI=1S/C19H27N5O4S/c1-4-27-11-14-9-21-18(10-20-14)28-17-7-15-5-6-16(8-17)24(15)29(25,26)19-12(2)22-23-13(19)3/h9-10,15-17H,4-8,11H2,1-3H3,(H,22,23). The van der Waals surface area contributed by atoms with Crippen molar-refractivity contribution in [2.45, 2.75) is 76.1 Å². The molecule has 0 amide bonds. The minimum atomic E-state index is -3.58. The van der Waals surface area contributed by atoms with Crippen LogP contribution in [0.1, 0.15) is 49.7 Å². The second-order valence-corrected chi connectivity index (χ2v) is 9.46. The summed E-state index contributed by atoms with van der Waals surface area (Å²) in [6.07, 6.45) is 6.18. The number of piperidine rings is 1. The Kier molecular flexibility index (Phi) is 5.58. The number of sulfonamides is 1. The van der Waals surface area contributed by atoms with Crippen LogP contribution in [0.4, 0.5) is 0 Å². The summed E-state index contributed by atoms with van der Waals surface area (Å²) in [6, 6.07) is -0.134. The third kappa shape index (κ3) is 3.88. The van der Waals surface area contributed by atoms with E-state index in [0.717, 1.165) is 18.5 Å². The van der Waals surface area contributed by atoms with Crippen molar-refractivity contribution in [1.29, 1.82) is 0 Å². The molecule has 4 rings (SSSR count). The summed E-state index contributed by atoms with van der Waals surface area (Å²) in [5.74, 6) is 0.465. The molecule has 158 valence electrons. The number of aromatic amines is 1. The number of rotatable bonds is 7. The maximum absolute atomic E-state index is 13.3. The van der Waals surface area contributed by atoms with Gasteiger partial charge in [-0.3, -0.25) is 10.1 Å². The predicted octanol–water partition coefficient (Wildman–Crippen LogP) is 2.12. The van der Waals surface area contributed by atoms with E-state index in [1.54, 1.807) is 30.5 Å². The molecular formula is C19H27N5O4S. The van der Waals surface area contributed by atoms with Gasteiger partial charge in [-0.25, -0.2) is 13.4 Å². The van der Waals surface area contributed by atoms with Gasteiger partial charge in [-0.15, -0.1) is 0 Å². The fraction of sp³-hybridized carbons (Fsp3) is 0.632. The number of hydrogen-bond acceptors (Lipinski definition) is 7. The Hall–Kier alpha value is -2.04. The first-order valence-corrected chi connectivity index (χ1v) is 11.4. The zero-order chi connectivity index (χ0) is 20.6. The maximum atomic E-state index is 13.3. The molecule has 9 nitrogen and oxygen atoms in total. The van der Waals surface area contributed by atoms with Crippen molar-refractivity contribution in [3.63, 3.8) is 0 Å². The largest absolute Gasteiger partial charge is 0.473 e. The highest BCUT2D eigenvalue weighted by Crippen LogP contribution is 2.41. The first kappa shape index (κ1) is 20.2. The molecule has 2 aromatic heterocycles. The van der Waals surface area contributed by atoms with Crippen molar-refractivity contribution in [2.24, 2.45) is 0 Å². The molecular weight excluding hydrogens is 394 g/mol. The Bertz CT molecular complexity index is 926. The predicted molar refractivity (Wildman–Crippen MR) is 105 cm³/mol.